The molecule has 2 aliphatic carbocycles. The number of hydrogen-bond donors (Lipinski definition) is 0. The maximum atomic E-state index is 2.60. The molecule has 1 unspecified atom stereocenters. The fourth-order valence-corrected chi connectivity index (χ4v) is 5.08. The molecule has 2 rings (SSSR count). The van der Waals surface area contributed by atoms with E-state index in [1.807, 2.05) is 0 Å². The van der Waals surface area contributed by atoms with Crippen LogP contribution in [0.1, 0.15) is 85.0 Å². The molecule has 94 valence electrons. The van der Waals surface area contributed by atoms with Crippen LogP contribution in [0.15, 0.2) is 0 Å². The summed E-state index contributed by atoms with van der Waals surface area (Å²) < 4.78 is 0. The Kier molecular flexibility index (Phi) is 3.66. The Hall–Kier alpha value is 0. The second-order valence-corrected chi connectivity index (χ2v) is 6.81. The van der Waals surface area contributed by atoms with Crippen LogP contribution in [-0.2, 0) is 0 Å². The maximum Gasteiger partial charge on any atom is -0.0264 e. The molecule has 0 amide bonds. The van der Waals surface area contributed by atoms with Crippen molar-refractivity contribution in [2.45, 2.75) is 85.0 Å². The van der Waals surface area contributed by atoms with Crippen LogP contribution in [0.3, 0.4) is 0 Å². The zero-order chi connectivity index (χ0) is 11.6. The van der Waals surface area contributed by atoms with E-state index in [9.17, 15) is 0 Å². The van der Waals surface area contributed by atoms with Gasteiger partial charge in [0.1, 0.15) is 0 Å². The van der Waals surface area contributed by atoms with Crippen molar-refractivity contribution >= 4 is 0 Å². The van der Waals surface area contributed by atoms with Gasteiger partial charge in [0.2, 0.25) is 0 Å². The van der Waals surface area contributed by atoms with Gasteiger partial charge in [-0.15, -0.1) is 0 Å². The van der Waals surface area contributed by atoms with E-state index in [0.717, 1.165) is 11.3 Å². The van der Waals surface area contributed by atoms with Crippen molar-refractivity contribution in [1.29, 1.82) is 0 Å². The topological polar surface area (TPSA) is 0 Å². The van der Waals surface area contributed by atoms with E-state index >= 15 is 0 Å². The molecule has 16 heavy (non-hydrogen) atoms. The largest absolute Gasteiger partial charge is 0.0654 e. The standard InChI is InChI=1S/C16H30/c1-4-9-15(3,10-5-2)14-8-13-16(14)11-6-7-12-16/h14H,4-13H2,1-3H3. The number of rotatable bonds is 5. The predicted molar refractivity (Wildman–Crippen MR) is 71.5 cm³/mol. The Morgan fingerprint density at radius 3 is 1.94 bits per heavy atom. The third kappa shape index (κ3) is 1.93. The van der Waals surface area contributed by atoms with E-state index in [1.165, 1.54) is 44.9 Å². The Labute approximate surface area is 102 Å². The summed E-state index contributed by atoms with van der Waals surface area (Å²) in [7, 11) is 0. The quantitative estimate of drug-likeness (QED) is 0.571. The molecule has 2 fully saturated rings. The highest BCUT2D eigenvalue weighted by molar-refractivity contribution is 5.04. The van der Waals surface area contributed by atoms with Crippen LogP contribution in [-0.4, -0.2) is 0 Å². The van der Waals surface area contributed by atoms with Crippen molar-refractivity contribution in [1.82, 2.24) is 0 Å². The van der Waals surface area contributed by atoms with E-state index in [0.29, 0.717) is 5.41 Å². The highest BCUT2D eigenvalue weighted by Gasteiger charge is 2.54. The molecule has 2 saturated carbocycles. The summed E-state index contributed by atoms with van der Waals surface area (Å²) in [5, 5.41) is 0. The average molecular weight is 222 g/mol. The molecule has 0 radical (unpaired) electrons. The van der Waals surface area contributed by atoms with Crippen molar-refractivity contribution in [2.24, 2.45) is 16.7 Å². The van der Waals surface area contributed by atoms with E-state index in [-0.39, 0.29) is 0 Å². The second kappa shape index (κ2) is 4.70. The summed E-state index contributed by atoms with van der Waals surface area (Å²) in [6, 6.07) is 0. The van der Waals surface area contributed by atoms with Crippen molar-refractivity contribution in [3.05, 3.63) is 0 Å². The molecule has 1 atom stereocenters. The first-order chi connectivity index (χ1) is 7.67. The zero-order valence-electron chi connectivity index (χ0n) is 11.6. The van der Waals surface area contributed by atoms with Crippen LogP contribution >= 0.6 is 0 Å². The minimum absolute atomic E-state index is 0.673. The Morgan fingerprint density at radius 2 is 1.56 bits per heavy atom. The fraction of sp³-hybridized carbons (Fsp3) is 1.00. The molecule has 0 N–H and O–H groups in total. The summed E-state index contributed by atoms with van der Waals surface area (Å²) in [6.45, 7) is 7.34. The molecule has 1 spiro atoms. The van der Waals surface area contributed by atoms with Crippen LogP contribution in [0.4, 0.5) is 0 Å². The van der Waals surface area contributed by atoms with Crippen LogP contribution in [0.2, 0.25) is 0 Å². The van der Waals surface area contributed by atoms with Gasteiger partial charge in [-0.2, -0.15) is 0 Å². The molecule has 0 saturated heterocycles. The van der Waals surface area contributed by atoms with E-state index in [1.54, 1.807) is 19.3 Å². The third-order valence-corrected chi connectivity index (χ3v) is 5.75. The van der Waals surface area contributed by atoms with Gasteiger partial charge in [-0.3, -0.25) is 0 Å². The molecule has 0 aromatic heterocycles. The van der Waals surface area contributed by atoms with E-state index in [4.69, 9.17) is 0 Å². The molecular formula is C16H30. The Balaban J connectivity index is 2.08. The summed E-state index contributed by atoms with van der Waals surface area (Å²) in [5.41, 5.74) is 1.49. The first kappa shape index (κ1) is 12.5. The third-order valence-electron chi connectivity index (χ3n) is 5.75. The van der Waals surface area contributed by atoms with Gasteiger partial charge in [0, 0.05) is 0 Å². The Morgan fingerprint density at radius 1 is 1.00 bits per heavy atom. The molecule has 2 aliphatic rings. The van der Waals surface area contributed by atoms with Crippen LogP contribution in [0, 0.1) is 16.7 Å². The molecule has 0 aliphatic heterocycles. The van der Waals surface area contributed by atoms with Crippen molar-refractivity contribution in [3.63, 3.8) is 0 Å². The first-order valence-corrected chi connectivity index (χ1v) is 7.67. The lowest BCUT2D eigenvalue weighted by Crippen LogP contribution is -2.47. The van der Waals surface area contributed by atoms with Gasteiger partial charge in [-0.25, -0.2) is 0 Å². The van der Waals surface area contributed by atoms with Gasteiger partial charge in [0.25, 0.3) is 0 Å². The van der Waals surface area contributed by atoms with Gasteiger partial charge in [-0.1, -0.05) is 46.5 Å². The highest BCUT2D eigenvalue weighted by Crippen LogP contribution is 2.64. The van der Waals surface area contributed by atoms with Crippen LogP contribution in [0.25, 0.3) is 0 Å². The molecule has 0 heterocycles. The lowest BCUT2D eigenvalue weighted by molar-refractivity contribution is -0.0669. The summed E-state index contributed by atoms with van der Waals surface area (Å²) in [6.07, 6.45) is 14.9. The SMILES string of the molecule is CCCC(C)(CCC)C1CCC12CCCC2. The summed E-state index contributed by atoms with van der Waals surface area (Å²) >= 11 is 0. The predicted octanol–water partition coefficient (Wildman–Crippen LogP) is 5.56. The van der Waals surface area contributed by atoms with Gasteiger partial charge < -0.3 is 0 Å². The molecular weight excluding hydrogens is 192 g/mol. The van der Waals surface area contributed by atoms with Gasteiger partial charge in [-0.05, 0) is 55.3 Å². The van der Waals surface area contributed by atoms with Gasteiger partial charge >= 0.3 is 0 Å². The average Bonchev–Trinajstić information content (AvgIpc) is 2.66. The van der Waals surface area contributed by atoms with Gasteiger partial charge in [0.05, 0.1) is 0 Å². The lowest BCUT2D eigenvalue weighted by atomic mass is 9.48. The first-order valence-electron chi connectivity index (χ1n) is 7.67. The normalized spacial score (nSPS) is 28.3. The summed E-state index contributed by atoms with van der Waals surface area (Å²) in [4.78, 5) is 0. The van der Waals surface area contributed by atoms with Crippen LogP contribution in [0.5, 0.6) is 0 Å². The second-order valence-electron chi connectivity index (χ2n) is 6.81. The minimum atomic E-state index is 0.673. The van der Waals surface area contributed by atoms with Crippen molar-refractivity contribution in [3.8, 4) is 0 Å². The molecule has 0 bridgehead atoms. The monoisotopic (exact) mass is 222 g/mol. The Bertz CT molecular complexity index is 216. The van der Waals surface area contributed by atoms with Crippen molar-refractivity contribution < 1.29 is 0 Å². The number of hydrogen-bond acceptors (Lipinski definition) is 0. The van der Waals surface area contributed by atoms with Crippen molar-refractivity contribution in [2.75, 3.05) is 0 Å². The minimum Gasteiger partial charge on any atom is -0.0654 e. The molecule has 0 nitrogen and oxygen atoms in total. The maximum absolute atomic E-state index is 2.60. The highest BCUT2D eigenvalue weighted by atomic mass is 14.6. The van der Waals surface area contributed by atoms with E-state index < -0.39 is 0 Å². The van der Waals surface area contributed by atoms with E-state index in [2.05, 4.69) is 20.8 Å². The smallest absolute Gasteiger partial charge is 0.0264 e. The lowest BCUT2D eigenvalue weighted by Gasteiger charge is -2.56. The molecule has 0 aromatic carbocycles. The zero-order valence-corrected chi connectivity index (χ0v) is 11.6. The van der Waals surface area contributed by atoms with Crippen LogP contribution < -0.4 is 0 Å². The fourth-order valence-electron chi connectivity index (χ4n) is 5.08. The summed E-state index contributed by atoms with van der Waals surface area (Å²) in [5.74, 6) is 1.07. The molecule has 0 aromatic rings. The van der Waals surface area contributed by atoms with Gasteiger partial charge in [0.15, 0.2) is 0 Å². The molecule has 0 heteroatoms.